The molecule has 116 valence electrons. The molecule has 0 aromatic heterocycles. The molecular weight excluding hydrogens is 305 g/mol. The summed E-state index contributed by atoms with van der Waals surface area (Å²) in [5.74, 6) is -2.46. The van der Waals surface area contributed by atoms with E-state index in [1.807, 2.05) is 0 Å². The Balaban J connectivity index is 2.03. The van der Waals surface area contributed by atoms with Gasteiger partial charge in [0.2, 0.25) is 5.91 Å². The van der Waals surface area contributed by atoms with E-state index in [0.29, 0.717) is 24.2 Å². The minimum atomic E-state index is -4.24. The second-order valence-electron chi connectivity index (χ2n) is 5.33. The van der Waals surface area contributed by atoms with Crippen molar-refractivity contribution in [2.45, 2.75) is 31.9 Å². The van der Waals surface area contributed by atoms with Crippen molar-refractivity contribution in [2.75, 3.05) is 11.1 Å². The zero-order chi connectivity index (χ0) is 15.6. The average molecular weight is 321 g/mol. The molecule has 1 aromatic carbocycles. The lowest BCUT2D eigenvalue weighted by Gasteiger charge is -2.29. The number of anilines is 2. The number of alkyl halides is 3. The van der Waals surface area contributed by atoms with Crippen LogP contribution in [0.1, 0.15) is 25.7 Å². The predicted molar refractivity (Wildman–Crippen MR) is 76.0 cm³/mol. The van der Waals surface area contributed by atoms with Crippen molar-refractivity contribution in [3.05, 3.63) is 23.2 Å². The fraction of sp³-hybridized carbons (Fsp3) is 0.500. The average Bonchev–Trinajstić information content (AvgIpc) is 2.41. The van der Waals surface area contributed by atoms with Crippen molar-refractivity contribution >= 4 is 28.9 Å². The van der Waals surface area contributed by atoms with Gasteiger partial charge in [0.15, 0.2) is 0 Å². The summed E-state index contributed by atoms with van der Waals surface area (Å²) in [7, 11) is 0. The molecule has 0 aliphatic heterocycles. The zero-order valence-corrected chi connectivity index (χ0v) is 12.0. The number of carbonyl (C=O) groups excluding carboxylic acids is 1. The van der Waals surface area contributed by atoms with E-state index in [2.05, 4.69) is 5.32 Å². The van der Waals surface area contributed by atoms with E-state index in [0.717, 1.165) is 0 Å². The Morgan fingerprint density at radius 2 is 2.05 bits per heavy atom. The monoisotopic (exact) mass is 320 g/mol. The molecule has 1 aromatic rings. The van der Waals surface area contributed by atoms with Gasteiger partial charge in [-0.25, -0.2) is 0 Å². The van der Waals surface area contributed by atoms with Gasteiger partial charge in [0.1, 0.15) is 0 Å². The molecule has 0 saturated heterocycles. The van der Waals surface area contributed by atoms with Crippen molar-refractivity contribution in [1.29, 1.82) is 0 Å². The first kappa shape index (κ1) is 15.9. The maximum absolute atomic E-state index is 12.7. The second kappa shape index (κ2) is 6.13. The number of hydrogen-bond donors (Lipinski definition) is 2. The van der Waals surface area contributed by atoms with Gasteiger partial charge in [0.05, 0.1) is 16.6 Å². The molecule has 3 nitrogen and oxygen atoms in total. The standard InChI is InChI=1S/C14H16ClF3N2O/c15-11-7-10(19)4-5-12(11)20-13(21)8-2-1-3-9(6-8)14(16,17)18/h4-5,7-9H,1-3,6,19H2,(H,20,21). The molecule has 0 heterocycles. The number of benzene rings is 1. The van der Waals surface area contributed by atoms with Gasteiger partial charge >= 0.3 is 6.18 Å². The molecule has 2 atom stereocenters. The van der Waals surface area contributed by atoms with Crippen LogP contribution in [0.15, 0.2) is 18.2 Å². The van der Waals surface area contributed by atoms with E-state index < -0.39 is 23.9 Å². The predicted octanol–water partition coefficient (Wildman–Crippen LogP) is 4.23. The number of halogens is 4. The molecule has 0 spiro atoms. The summed E-state index contributed by atoms with van der Waals surface area (Å²) in [6.45, 7) is 0. The van der Waals surface area contributed by atoms with Gasteiger partial charge < -0.3 is 11.1 Å². The first-order chi connectivity index (χ1) is 9.77. The Hall–Kier alpha value is -1.43. The molecule has 1 fully saturated rings. The highest BCUT2D eigenvalue weighted by Gasteiger charge is 2.43. The molecule has 0 radical (unpaired) electrons. The maximum Gasteiger partial charge on any atom is 0.391 e. The van der Waals surface area contributed by atoms with Gasteiger partial charge in [-0.15, -0.1) is 0 Å². The quantitative estimate of drug-likeness (QED) is 0.801. The summed E-state index contributed by atoms with van der Waals surface area (Å²) in [6.07, 6.45) is -3.45. The fourth-order valence-electron chi connectivity index (χ4n) is 2.59. The molecule has 1 saturated carbocycles. The van der Waals surface area contributed by atoms with Crippen LogP contribution in [0.4, 0.5) is 24.5 Å². The van der Waals surface area contributed by atoms with Crippen LogP contribution in [-0.4, -0.2) is 12.1 Å². The molecule has 7 heteroatoms. The number of hydrogen-bond acceptors (Lipinski definition) is 2. The van der Waals surface area contributed by atoms with E-state index in [9.17, 15) is 18.0 Å². The molecule has 1 amide bonds. The summed E-state index contributed by atoms with van der Waals surface area (Å²) < 4.78 is 38.2. The summed E-state index contributed by atoms with van der Waals surface area (Å²) in [4.78, 5) is 12.1. The van der Waals surface area contributed by atoms with Crippen LogP contribution in [0.25, 0.3) is 0 Å². The van der Waals surface area contributed by atoms with Gasteiger partial charge in [0.25, 0.3) is 0 Å². The van der Waals surface area contributed by atoms with Gasteiger partial charge in [-0.1, -0.05) is 18.0 Å². The SMILES string of the molecule is Nc1ccc(NC(=O)C2CCCC(C(F)(F)F)C2)c(Cl)c1. The number of amides is 1. The van der Waals surface area contributed by atoms with Crippen LogP contribution in [-0.2, 0) is 4.79 Å². The van der Waals surface area contributed by atoms with Crippen LogP contribution in [0.5, 0.6) is 0 Å². The van der Waals surface area contributed by atoms with Gasteiger partial charge in [-0.2, -0.15) is 13.2 Å². The molecule has 3 N–H and O–H groups in total. The van der Waals surface area contributed by atoms with E-state index in [4.69, 9.17) is 17.3 Å². The molecule has 2 unspecified atom stereocenters. The van der Waals surface area contributed by atoms with E-state index in [-0.39, 0.29) is 17.9 Å². The molecule has 2 rings (SSSR count). The highest BCUT2D eigenvalue weighted by molar-refractivity contribution is 6.34. The molecular formula is C14H16ClF3N2O. The number of rotatable bonds is 2. The smallest absolute Gasteiger partial charge is 0.391 e. The Labute approximate surface area is 125 Å². The van der Waals surface area contributed by atoms with Crippen LogP contribution in [0, 0.1) is 11.8 Å². The first-order valence-corrected chi connectivity index (χ1v) is 7.08. The van der Waals surface area contributed by atoms with Crippen molar-refractivity contribution in [2.24, 2.45) is 11.8 Å². The summed E-state index contributed by atoms with van der Waals surface area (Å²) in [5, 5.41) is 2.86. The number of nitrogen functional groups attached to an aromatic ring is 1. The number of nitrogens with one attached hydrogen (secondary N) is 1. The molecule has 21 heavy (non-hydrogen) atoms. The van der Waals surface area contributed by atoms with E-state index in [1.54, 1.807) is 12.1 Å². The van der Waals surface area contributed by atoms with Gasteiger partial charge in [-0.05, 0) is 37.5 Å². The third kappa shape index (κ3) is 4.03. The lowest BCUT2D eigenvalue weighted by molar-refractivity contribution is -0.185. The first-order valence-electron chi connectivity index (χ1n) is 6.70. The Morgan fingerprint density at radius 1 is 1.33 bits per heavy atom. The molecule has 0 bridgehead atoms. The third-order valence-electron chi connectivity index (χ3n) is 3.76. The normalized spacial score (nSPS) is 22.9. The highest BCUT2D eigenvalue weighted by Crippen LogP contribution is 2.40. The third-order valence-corrected chi connectivity index (χ3v) is 4.07. The summed E-state index contributed by atoms with van der Waals surface area (Å²) >= 11 is 5.94. The fourth-order valence-corrected chi connectivity index (χ4v) is 2.83. The summed E-state index contributed by atoms with van der Waals surface area (Å²) in [6, 6.07) is 4.59. The summed E-state index contributed by atoms with van der Waals surface area (Å²) in [5.41, 5.74) is 6.36. The minimum absolute atomic E-state index is 0.0932. The Kier molecular flexibility index (Phi) is 4.66. The van der Waals surface area contributed by atoms with Crippen LogP contribution in [0.3, 0.4) is 0 Å². The molecule has 1 aliphatic rings. The topological polar surface area (TPSA) is 55.1 Å². The van der Waals surface area contributed by atoms with Crippen LogP contribution in [0.2, 0.25) is 5.02 Å². The minimum Gasteiger partial charge on any atom is -0.399 e. The van der Waals surface area contributed by atoms with E-state index >= 15 is 0 Å². The largest absolute Gasteiger partial charge is 0.399 e. The Morgan fingerprint density at radius 3 is 2.67 bits per heavy atom. The van der Waals surface area contributed by atoms with Crippen molar-refractivity contribution in [3.63, 3.8) is 0 Å². The van der Waals surface area contributed by atoms with Crippen molar-refractivity contribution in [1.82, 2.24) is 0 Å². The highest BCUT2D eigenvalue weighted by atomic mass is 35.5. The van der Waals surface area contributed by atoms with Crippen molar-refractivity contribution in [3.8, 4) is 0 Å². The number of carbonyl (C=O) groups is 1. The van der Waals surface area contributed by atoms with Gasteiger partial charge in [0, 0.05) is 11.6 Å². The Bertz CT molecular complexity index is 533. The zero-order valence-electron chi connectivity index (χ0n) is 11.2. The number of nitrogens with two attached hydrogens (primary N) is 1. The van der Waals surface area contributed by atoms with Crippen LogP contribution < -0.4 is 11.1 Å². The maximum atomic E-state index is 12.7. The van der Waals surface area contributed by atoms with Crippen molar-refractivity contribution < 1.29 is 18.0 Å². The second-order valence-corrected chi connectivity index (χ2v) is 5.74. The van der Waals surface area contributed by atoms with Crippen LogP contribution >= 0.6 is 11.6 Å². The molecule has 1 aliphatic carbocycles. The van der Waals surface area contributed by atoms with Gasteiger partial charge in [-0.3, -0.25) is 4.79 Å². The lowest BCUT2D eigenvalue weighted by atomic mass is 9.80. The van der Waals surface area contributed by atoms with E-state index in [1.165, 1.54) is 6.07 Å². The lowest BCUT2D eigenvalue weighted by Crippen LogP contribution is -2.34.